The fourth-order valence-corrected chi connectivity index (χ4v) is 8.64. The first-order valence-electron chi connectivity index (χ1n) is 12.7. The van der Waals surface area contributed by atoms with E-state index in [2.05, 4.69) is 13.8 Å². The van der Waals surface area contributed by atoms with E-state index >= 15 is 0 Å². The van der Waals surface area contributed by atoms with E-state index in [4.69, 9.17) is 5.84 Å². The quantitative estimate of drug-likeness (QED) is 0.476. The molecule has 0 saturated heterocycles. The summed E-state index contributed by atoms with van der Waals surface area (Å²) < 4.78 is 13.6. The maximum Gasteiger partial charge on any atom is 0.157 e. The lowest BCUT2D eigenvalue weighted by molar-refractivity contribution is -0.129. The summed E-state index contributed by atoms with van der Waals surface area (Å²) in [4.78, 5) is 13.4. The second-order valence-electron chi connectivity index (χ2n) is 11.6. The first-order chi connectivity index (χ1) is 14.9. The number of hydrogen-bond acceptors (Lipinski definition) is 3. The lowest BCUT2D eigenvalue weighted by Gasteiger charge is -2.56. The van der Waals surface area contributed by atoms with Crippen molar-refractivity contribution in [1.29, 1.82) is 0 Å². The van der Waals surface area contributed by atoms with Crippen LogP contribution in [0.15, 0.2) is 24.3 Å². The highest BCUT2D eigenvalue weighted by Crippen LogP contribution is 2.64. The van der Waals surface area contributed by atoms with Crippen LogP contribution < -0.4 is 10.9 Å². The van der Waals surface area contributed by atoms with Crippen molar-refractivity contribution in [2.75, 3.05) is 11.6 Å². The zero-order chi connectivity index (χ0) is 21.8. The molecular formula is C27H39FN2O. The molecule has 5 rings (SSSR count). The molecule has 0 aliphatic heterocycles. The summed E-state index contributed by atoms with van der Waals surface area (Å²) in [6.45, 7) is 5.02. The van der Waals surface area contributed by atoms with Crippen molar-refractivity contribution < 1.29 is 9.18 Å². The fourth-order valence-electron chi connectivity index (χ4n) is 8.64. The number of Topliss-reactive ketones (excluding diaryl/α,β-unsaturated/α-hetero) is 1. The Bertz CT molecular complexity index is 827. The molecule has 4 fully saturated rings. The van der Waals surface area contributed by atoms with Crippen LogP contribution in [0.5, 0.6) is 0 Å². The molecule has 0 spiro atoms. The fraction of sp³-hybridized carbons (Fsp3) is 0.741. The van der Waals surface area contributed by atoms with E-state index in [0.29, 0.717) is 11.6 Å². The van der Waals surface area contributed by atoms with Crippen molar-refractivity contribution in [1.82, 2.24) is 0 Å². The first-order valence-corrected chi connectivity index (χ1v) is 12.7. The molecular weight excluding hydrogens is 387 g/mol. The number of rotatable bonds is 4. The van der Waals surface area contributed by atoms with Gasteiger partial charge in [0.2, 0.25) is 0 Å². The SMILES string of the molecule is C[C@H]1CC[C@@H]2C3CC[C@]4(C)[C@@H](C(=O)CN(N)c5cccc(F)c5)CC[C@H]4[C@@H]3CC[C@@H]2C1. The van der Waals surface area contributed by atoms with Gasteiger partial charge in [-0.25, -0.2) is 10.2 Å². The highest BCUT2D eigenvalue weighted by Gasteiger charge is 2.58. The molecule has 0 bridgehead atoms. The van der Waals surface area contributed by atoms with E-state index in [1.165, 1.54) is 68.5 Å². The van der Waals surface area contributed by atoms with Crippen LogP contribution in [0.1, 0.15) is 71.6 Å². The van der Waals surface area contributed by atoms with Crippen LogP contribution in [0.3, 0.4) is 0 Å². The van der Waals surface area contributed by atoms with Crippen molar-refractivity contribution in [3.63, 3.8) is 0 Å². The molecule has 0 heterocycles. The highest BCUT2D eigenvalue weighted by molar-refractivity contribution is 5.86. The Labute approximate surface area is 186 Å². The molecule has 1 aromatic rings. The molecule has 1 aromatic carbocycles. The average Bonchev–Trinajstić information content (AvgIpc) is 3.10. The zero-order valence-corrected chi connectivity index (χ0v) is 19.2. The van der Waals surface area contributed by atoms with Crippen molar-refractivity contribution in [2.45, 2.75) is 71.6 Å². The molecule has 4 saturated carbocycles. The number of fused-ring (bicyclic) bond motifs is 5. The predicted octanol–water partition coefficient (Wildman–Crippen LogP) is 5.98. The molecule has 1 unspecified atom stereocenters. The summed E-state index contributed by atoms with van der Waals surface area (Å²) in [6.07, 6.45) is 11.8. The Balaban J connectivity index is 1.28. The van der Waals surface area contributed by atoms with Gasteiger partial charge in [-0.1, -0.05) is 26.3 Å². The summed E-state index contributed by atoms with van der Waals surface area (Å²) in [6, 6.07) is 6.22. The second kappa shape index (κ2) is 8.17. The summed E-state index contributed by atoms with van der Waals surface area (Å²) in [5, 5.41) is 1.43. The van der Waals surface area contributed by atoms with Gasteiger partial charge in [-0.3, -0.25) is 4.79 Å². The molecule has 0 radical (unpaired) electrons. The number of nitrogens with two attached hydrogens (primary N) is 1. The van der Waals surface area contributed by atoms with Gasteiger partial charge in [0.05, 0.1) is 12.2 Å². The van der Waals surface area contributed by atoms with E-state index in [9.17, 15) is 9.18 Å². The van der Waals surface area contributed by atoms with Crippen molar-refractivity contribution >= 4 is 11.5 Å². The lowest BCUT2D eigenvalue weighted by atomic mass is 9.49. The number of benzene rings is 1. The molecule has 31 heavy (non-hydrogen) atoms. The van der Waals surface area contributed by atoms with Gasteiger partial charge in [-0.15, -0.1) is 0 Å². The maximum absolute atomic E-state index is 13.6. The predicted molar refractivity (Wildman–Crippen MR) is 123 cm³/mol. The Morgan fingerprint density at radius 2 is 1.90 bits per heavy atom. The third-order valence-corrected chi connectivity index (χ3v) is 10.1. The van der Waals surface area contributed by atoms with Crippen LogP contribution >= 0.6 is 0 Å². The van der Waals surface area contributed by atoms with Crippen LogP contribution in [-0.4, -0.2) is 12.3 Å². The average molecular weight is 427 g/mol. The molecule has 0 aromatic heterocycles. The summed E-state index contributed by atoms with van der Waals surface area (Å²) in [7, 11) is 0. The Morgan fingerprint density at radius 3 is 2.71 bits per heavy atom. The topological polar surface area (TPSA) is 46.3 Å². The Morgan fingerprint density at radius 1 is 1.10 bits per heavy atom. The minimum absolute atomic E-state index is 0.0992. The van der Waals surface area contributed by atoms with E-state index in [1.54, 1.807) is 12.1 Å². The van der Waals surface area contributed by atoms with Gasteiger partial charge in [-0.2, -0.15) is 0 Å². The molecule has 2 N–H and O–H groups in total. The number of anilines is 1. The third-order valence-electron chi connectivity index (χ3n) is 10.1. The number of hydrazine groups is 1. The third kappa shape index (κ3) is 3.73. The van der Waals surface area contributed by atoms with Crippen LogP contribution in [-0.2, 0) is 4.79 Å². The normalized spacial score (nSPS) is 41.7. The van der Waals surface area contributed by atoms with Gasteiger partial charge in [0.1, 0.15) is 5.82 Å². The minimum Gasteiger partial charge on any atom is -0.304 e. The summed E-state index contributed by atoms with van der Waals surface area (Å²) >= 11 is 0. The molecule has 8 atom stereocenters. The van der Waals surface area contributed by atoms with Gasteiger partial charge in [0.25, 0.3) is 0 Å². The second-order valence-corrected chi connectivity index (χ2v) is 11.6. The molecule has 4 heteroatoms. The molecule has 4 aliphatic carbocycles. The number of hydrogen-bond donors (Lipinski definition) is 1. The molecule has 3 nitrogen and oxygen atoms in total. The maximum atomic E-state index is 13.6. The number of nitrogens with zero attached hydrogens (tertiary/aromatic N) is 1. The number of carbonyl (C=O) groups is 1. The van der Waals surface area contributed by atoms with Crippen molar-refractivity contribution in [2.24, 2.45) is 52.7 Å². The number of carbonyl (C=O) groups excluding carboxylic acids is 1. The van der Waals surface area contributed by atoms with Crippen LogP contribution in [0.25, 0.3) is 0 Å². The molecule has 170 valence electrons. The Kier molecular flexibility index (Phi) is 5.65. The van der Waals surface area contributed by atoms with E-state index < -0.39 is 0 Å². The van der Waals surface area contributed by atoms with Gasteiger partial charge in [0.15, 0.2) is 5.78 Å². The number of ketones is 1. The standard InChI is InChI=1S/C27H39FN2O/c1-17-6-8-21-18(14-17)7-9-23-22(21)12-13-27(2)24(23)10-11-25(27)26(31)16-30(29)20-5-3-4-19(28)15-20/h3-5,15,17-18,21-25H,6-14,16,29H2,1-2H3/t17-,18+,21-,22?,23+,24-,25+,27-/m0/s1. The van der Waals surface area contributed by atoms with Crippen LogP contribution in [0, 0.1) is 52.7 Å². The van der Waals surface area contributed by atoms with E-state index in [-0.39, 0.29) is 29.5 Å². The zero-order valence-electron chi connectivity index (χ0n) is 19.2. The van der Waals surface area contributed by atoms with E-state index in [0.717, 1.165) is 36.0 Å². The van der Waals surface area contributed by atoms with Crippen molar-refractivity contribution in [3.05, 3.63) is 30.1 Å². The monoisotopic (exact) mass is 426 g/mol. The smallest absolute Gasteiger partial charge is 0.157 e. The largest absolute Gasteiger partial charge is 0.304 e. The van der Waals surface area contributed by atoms with E-state index in [1.807, 2.05) is 0 Å². The van der Waals surface area contributed by atoms with Gasteiger partial charge < -0.3 is 5.01 Å². The van der Waals surface area contributed by atoms with Crippen LogP contribution in [0.4, 0.5) is 10.1 Å². The highest BCUT2D eigenvalue weighted by atomic mass is 19.1. The van der Waals surface area contributed by atoms with Gasteiger partial charge in [0, 0.05) is 5.92 Å². The van der Waals surface area contributed by atoms with Gasteiger partial charge in [-0.05, 0) is 110 Å². The number of halogens is 1. The van der Waals surface area contributed by atoms with Gasteiger partial charge >= 0.3 is 0 Å². The minimum atomic E-state index is -0.320. The lowest BCUT2D eigenvalue weighted by Crippen LogP contribution is -2.50. The molecule has 0 amide bonds. The van der Waals surface area contributed by atoms with Crippen molar-refractivity contribution in [3.8, 4) is 0 Å². The summed E-state index contributed by atoms with van der Waals surface area (Å²) in [5.74, 6) is 11.4. The summed E-state index contributed by atoms with van der Waals surface area (Å²) in [5.41, 5.74) is 0.692. The Hall–Kier alpha value is -1.42. The molecule has 4 aliphatic rings. The van der Waals surface area contributed by atoms with Crippen LogP contribution in [0.2, 0.25) is 0 Å². The first kappa shape index (κ1) is 21.4.